The van der Waals surface area contributed by atoms with Crippen molar-refractivity contribution in [1.82, 2.24) is 0 Å². The first-order chi connectivity index (χ1) is 7.15. The molecule has 0 bridgehead atoms. The van der Waals surface area contributed by atoms with Crippen molar-refractivity contribution >= 4 is 17.6 Å². The molecule has 3 N–H and O–H groups in total. The van der Waals surface area contributed by atoms with Gasteiger partial charge in [0.1, 0.15) is 5.75 Å². The Bertz CT molecular complexity index is 355. The molecule has 0 saturated heterocycles. The van der Waals surface area contributed by atoms with Crippen LogP contribution < -0.4 is 10.5 Å². The minimum atomic E-state index is -0.897. The smallest absolute Gasteiger partial charge is 0.306 e. The van der Waals surface area contributed by atoms with Crippen molar-refractivity contribution in [3.8, 4) is 5.75 Å². The van der Waals surface area contributed by atoms with Crippen molar-refractivity contribution in [3.63, 3.8) is 0 Å². The summed E-state index contributed by atoms with van der Waals surface area (Å²) in [4.78, 5) is 10.3. The SMILES string of the molecule is NCc1c(Cl)cccc1OCCC(=O)O. The third-order valence-corrected chi connectivity index (χ3v) is 2.21. The van der Waals surface area contributed by atoms with Gasteiger partial charge in [-0.15, -0.1) is 0 Å². The Morgan fingerprint density at radius 3 is 2.87 bits per heavy atom. The Kier molecular flexibility index (Phi) is 4.39. The van der Waals surface area contributed by atoms with E-state index in [0.29, 0.717) is 16.3 Å². The van der Waals surface area contributed by atoms with Crippen molar-refractivity contribution in [2.45, 2.75) is 13.0 Å². The maximum atomic E-state index is 10.3. The van der Waals surface area contributed by atoms with Crippen LogP contribution in [0, 0.1) is 0 Å². The summed E-state index contributed by atoms with van der Waals surface area (Å²) in [5.74, 6) is -0.349. The number of hydrogen-bond acceptors (Lipinski definition) is 3. The Labute approximate surface area is 92.6 Å². The largest absolute Gasteiger partial charge is 0.493 e. The third-order valence-electron chi connectivity index (χ3n) is 1.85. The minimum absolute atomic E-state index is 0.0451. The Hall–Kier alpha value is -1.26. The second-order valence-corrected chi connectivity index (χ2v) is 3.32. The molecule has 0 fully saturated rings. The second-order valence-electron chi connectivity index (χ2n) is 2.91. The highest BCUT2D eigenvalue weighted by Gasteiger charge is 2.06. The highest BCUT2D eigenvalue weighted by molar-refractivity contribution is 6.31. The summed E-state index contributed by atoms with van der Waals surface area (Å²) in [6.07, 6.45) is -0.0451. The average Bonchev–Trinajstić information content (AvgIpc) is 2.17. The standard InChI is InChI=1S/C10H12ClNO3/c11-8-2-1-3-9(7(8)6-12)15-5-4-10(13)14/h1-3H,4-6,12H2,(H,13,14). The molecule has 5 heteroatoms. The van der Waals surface area contributed by atoms with Gasteiger partial charge in [0.2, 0.25) is 0 Å². The molecule has 0 aliphatic rings. The van der Waals surface area contributed by atoms with Crippen LogP contribution in [0.4, 0.5) is 0 Å². The van der Waals surface area contributed by atoms with Gasteiger partial charge in [-0.1, -0.05) is 17.7 Å². The lowest BCUT2D eigenvalue weighted by atomic mass is 10.2. The summed E-state index contributed by atoms with van der Waals surface area (Å²) < 4.78 is 5.27. The zero-order valence-corrected chi connectivity index (χ0v) is 8.83. The second kappa shape index (κ2) is 5.58. The molecule has 0 atom stereocenters. The number of carbonyl (C=O) groups is 1. The molecule has 0 aromatic heterocycles. The van der Waals surface area contributed by atoms with Gasteiger partial charge in [-0.2, -0.15) is 0 Å². The first-order valence-corrected chi connectivity index (χ1v) is 4.85. The summed E-state index contributed by atoms with van der Waals surface area (Å²) in [6.45, 7) is 0.380. The van der Waals surface area contributed by atoms with Crippen LogP contribution in [0.2, 0.25) is 5.02 Å². The molecule has 1 aromatic carbocycles. The first kappa shape index (κ1) is 11.8. The third kappa shape index (κ3) is 3.42. The molecule has 15 heavy (non-hydrogen) atoms. The summed E-state index contributed by atoms with van der Waals surface area (Å²) in [5, 5.41) is 8.97. The molecule has 1 aromatic rings. The molecule has 0 saturated carbocycles. The van der Waals surface area contributed by atoms with Gasteiger partial charge in [0.05, 0.1) is 13.0 Å². The van der Waals surface area contributed by atoms with Crippen LogP contribution in [-0.4, -0.2) is 17.7 Å². The van der Waals surface area contributed by atoms with E-state index >= 15 is 0 Å². The topological polar surface area (TPSA) is 72.5 Å². The molecule has 82 valence electrons. The van der Waals surface area contributed by atoms with Crippen LogP contribution in [0.3, 0.4) is 0 Å². The summed E-state index contributed by atoms with van der Waals surface area (Å²) in [7, 11) is 0. The van der Waals surface area contributed by atoms with Crippen molar-refractivity contribution in [3.05, 3.63) is 28.8 Å². The van der Waals surface area contributed by atoms with Crippen molar-refractivity contribution < 1.29 is 14.6 Å². The van der Waals surface area contributed by atoms with E-state index in [0.717, 1.165) is 0 Å². The number of benzene rings is 1. The van der Waals surface area contributed by atoms with Gasteiger partial charge in [-0.3, -0.25) is 4.79 Å². The van der Waals surface area contributed by atoms with E-state index in [-0.39, 0.29) is 19.6 Å². The number of halogens is 1. The highest BCUT2D eigenvalue weighted by Crippen LogP contribution is 2.25. The van der Waals surface area contributed by atoms with Crippen LogP contribution in [0.5, 0.6) is 5.75 Å². The van der Waals surface area contributed by atoms with Crippen molar-refractivity contribution in [2.24, 2.45) is 5.73 Å². The van der Waals surface area contributed by atoms with Gasteiger partial charge in [-0.05, 0) is 12.1 Å². The van der Waals surface area contributed by atoms with E-state index in [1.54, 1.807) is 18.2 Å². The van der Waals surface area contributed by atoms with Gasteiger partial charge in [0, 0.05) is 17.1 Å². The number of hydrogen-bond donors (Lipinski definition) is 2. The lowest BCUT2D eigenvalue weighted by molar-refractivity contribution is -0.137. The molecule has 0 unspecified atom stereocenters. The molecule has 4 nitrogen and oxygen atoms in total. The average molecular weight is 230 g/mol. The molecule has 1 rings (SSSR count). The zero-order valence-electron chi connectivity index (χ0n) is 8.07. The molecule has 0 heterocycles. The number of carboxylic acids is 1. The summed E-state index contributed by atoms with van der Waals surface area (Å²) >= 11 is 5.89. The molecule has 0 amide bonds. The van der Waals surface area contributed by atoms with E-state index in [9.17, 15) is 4.79 Å². The molecule has 0 radical (unpaired) electrons. The Balaban J connectivity index is 2.67. The zero-order chi connectivity index (χ0) is 11.3. The van der Waals surface area contributed by atoms with Gasteiger partial charge >= 0.3 is 5.97 Å². The first-order valence-electron chi connectivity index (χ1n) is 4.47. The number of ether oxygens (including phenoxy) is 1. The van der Waals surface area contributed by atoms with E-state index in [2.05, 4.69) is 0 Å². The maximum Gasteiger partial charge on any atom is 0.306 e. The number of rotatable bonds is 5. The number of nitrogens with two attached hydrogens (primary N) is 1. The van der Waals surface area contributed by atoms with Crippen LogP contribution in [0.1, 0.15) is 12.0 Å². The maximum absolute atomic E-state index is 10.3. The van der Waals surface area contributed by atoms with E-state index in [4.69, 9.17) is 27.2 Å². The molecule has 0 aliphatic heterocycles. The Morgan fingerprint density at radius 1 is 1.53 bits per heavy atom. The fourth-order valence-electron chi connectivity index (χ4n) is 1.12. The van der Waals surface area contributed by atoms with Crippen LogP contribution >= 0.6 is 11.6 Å². The number of carboxylic acid groups (broad SMARTS) is 1. The molecular formula is C10H12ClNO3. The van der Waals surface area contributed by atoms with Crippen LogP contribution in [-0.2, 0) is 11.3 Å². The Morgan fingerprint density at radius 2 is 2.27 bits per heavy atom. The van der Waals surface area contributed by atoms with Gasteiger partial charge in [0.25, 0.3) is 0 Å². The number of aliphatic carboxylic acids is 1. The van der Waals surface area contributed by atoms with E-state index in [1.807, 2.05) is 0 Å². The van der Waals surface area contributed by atoms with Crippen molar-refractivity contribution in [1.29, 1.82) is 0 Å². The predicted octanol–water partition coefficient (Wildman–Crippen LogP) is 1.65. The normalized spacial score (nSPS) is 10.0. The fraction of sp³-hybridized carbons (Fsp3) is 0.300. The van der Waals surface area contributed by atoms with E-state index in [1.165, 1.54) is 0 Å². The monoisotopic (exact) mass is 229 g/mol. The quantitative estimate of drug-likeness (QED) is 0.805. The summed E-state index contributed by atoms with van der Waals surface area (Å²) in [6, 6.07) is 5.17. The summed E-state index contributed by atoms with van der Waals surface area (Å²) in [5.41, 5.74) is 6.20. The lowest BCUT2D eigenvalue weighted by Gasteiger charge is -2.10. The molecular weight excluding hydrogens is 218 g/mol. The predicted molar refractivity (Wildman–Crippen MR) is 57.1 cm³/mol. The van der Waals surface area contributed by atoms with Crippen LogP contribution in [0.15, 0.2) is 18.2 Å². The fourth-order valence-corrected chi connectivity index (χ4v) is 1.36. The highest BCUT2D eigenvalue weighted by atomic mass is 35.5. The molecule has 0 spiro atoms. The van der Waals surface area contributed by atoms with Gasteiger partial charge in [-0.25, -0.2) is 0 Å². The van der Waals surface area contributed by atoms with Gasteiger partial charge < -0.3 is 15.6 Å². The van der Waals surface area contributed by atoms with Gasteiger partial charge in [0.15, 0.2) is 0 Å². The molecule has 0 aliphatic carbocycles. The van der Waals surface area contributed by atoms with Crippen molar-refractivity contribution in [2.75, 3.05) is 6.61 Å². The lowest BCUT2D eigenvalue weighted by Crippen LogP contribution is -2.07. The van der Waals surface area contributed by atoms with E-state index < -0.39 is 5.97 Å². The van der Waals surface area contributed by atoms with Crippen LogP contribution in [0.25, 0.3) is 0 Å². The minimum Gasteiger partial charge on any atom is -0.493 e.